The lowest BCUT2D eigenvalue weighted by molar-refractivity contribution is -0.117. The van der Waals surface area contributed by atoms with Crippen molar-refractivity contribution < 1.29 is 27.4 Å². The van der Waals surface area contributed by atoms with Gasteiger partial charge >= 0.3 is 0 Å². The van der Waals surface area contributed by atoms with E-state index >= 15 is 0 Å². The Hall–Kier alpha value is -1.68. The zero-order valence-electron chi connectivity index (χ0n) is 16.9. The second kappa shape index (κ2) is 10.4. The Morgan fingerprint density at radius 2 is 2.03 bits per heavy atom. The first-order valence-electron chi connectivity index (χ1n) is 10.2. The summed E-state index contributed by atoms with van der Waals surface area (Å²) in [5, 5.41) is 2.75. The number of hydrogen-bond donors (Lipinski definition) is 1. The van der Waals surface area contributed by atoms with E-state index in [9.17, 15) is 13.2 Å². The van der Waals surface area contributed by atoms with Crippen molar-refractivity contribution in [1.29, 1.82) is 0 Å². The van der Waals surface area contributed by atoms with E-state index in [4.69, 9.17) is 14.2 Å². The van der Waals surface area contributed by atoms with Crippen LogP contribution in [0.15, 0.2) is 23.1 Å². The van der Waals surface area contributed by atoms with Crippen LogP contribution in [0.1, 0.15) is 38.5 Å². The summed E-state index contributed by atoms with van der Waals surface area (Å²) in [7, 11) is -2.11. The molecule has 9 heteroatoms. The zero-order valence-corrected chi connectivity index (χ0v) is 17.7. The van der Waals surface area contributed by atoms with Crippen LogP contribution in [0, 0.1) is 0 Å². The Balaban J connectivity index is 1.60. The van der Waals surface area contributed by atoms with Crippen LogP contribution in [0.25, 0.3) is 0 Å². The lowest BCUT2D eigenvalue weighted by Crippen LogP contribution is -2.35. The number of carbonyl (C=O) groups is 1. The number of anilines is 1. The third-order valence-corrected chi connectivity index (χ3v) is 7.09. The van der Waals surface area contributed by atoms with Crippen molar-refractivity contribution in [2.45, 2.75) is 49.5 Å². The van der Waals surface area contributed by atoms with Crippen molar-refractivity contribution >= 4 is 21.6 Å². The van der Waals surface area contributed by atoms with Gasteiger partial charge in [0, 0.05) is 19.7 Å². The molecule has 1 amide bonds. The molecule has 2 aliphatic heterocycles. The van der Waals surface area contributed by atoms with Gasteiger partial charge in [-0.25, -0.2) is 8.42 Å². The van der Waals surface area contributed by atoms with Gasteiger partial charge in [-0.15, -0.1) is 0 Å². The summed E-state index contributed by atoms with van der Waals surface area (Å²) in [6, 6.07) is 4.55. The van der Waals surface area contributed by atoms with Crippen molar-refractivity contribution in [3.8, 4) is 5.75 Å². The molecule has 0 saturated carbocycles. The Kier molecular flexibility index (Phi) is 7.88. The number of ether oxygens (including phenoxy) is 3. The van der Waals surface area contributed by atoms with Crippen molar-refractivity contribution in [2.75, 3.05) is 45.3 Å². The third-order valence-electron chi connectivity index (χ3n) is 5.20. The van der Waals surface area contributed by atoms with Crippen LogP contribution in [0.5, 0.6) is 5.75 Å². The number of sulfonamides is 1. The molecule has 0 aliphatic carbocycles. The molecule has 2 aliphatic rings. The Labute approximate surface area is 172 Å². The van der Waals surface area contributed by atoms with Gasteiger partial charge in [0.2, 0.25) is 15.9 Å². The summed E-state index contributed by atoms with van der Waals surface area (Å²) < 4.78 is 43.6. The quantitative estimate of drug-likeness (QED) is 0.610. The molecule has 1 aromatic carbocycles. The van der Waals surface area contributed by atoms with E-state index in [0.29, 0.717) is 31.1 Å². The van der Waals surface area contributed by atoms with Gasteiger partial charge in [0.1, 0.15) is 5.75 Å². The highest BCUT2D eigenvalue weighted by molar-refractivity contribution is 7.89. The van der Waals surface area contributed by atoms with Crippen LogP contribution in [0.3, 0.4) is 0 Å². The molecule has 1 atom stereocenters. The number of carbonyl (C=O) groups excluding carboxylic acids is 1. The average Bonchev–Trinajstić information content (AvgIpc) is 3.25. The van der Waals surface area contributed by atoms with Gasteiger partial charge in [-0.3, -0.25) is 4.79 Å². The van der Waals surface area contributed by atoms with Crippen LogP contribution < -0.4 is 10.1 Å². The number of nitrogens with zero attached hydrogens (tertiary/aromatic N) is 1. The standard InChI is InChI=1S/C20H30N2O6S/c1-26-19-8-7-17(29(24,25)22-10-3-2-4-11-22)14-18(19)21-20(23)9-13-27-15-16-6-5-12-28-16/h7-8,14,16H,2-6,9-13,15H2,1H3,(H,21,23). The minimum atomic E-state index is -3.59. The van der Waals surface area contributed by atoms with E-state index in [0.717, 1.165) is 38.7 Å². The molecule has 3 rings (SSSR count). The molecule has 29 heavy (non-hydrogen) atoms. The fourth-order valence-corrected chi connectivity index (χ4v) is 5.11. The summed E-state index contributed by atoms with van der Waals surface area (Å²) in [5.41, 5.74) is 0.342. The number of amides is 1. The van der Waals surface area contributed by atoms with Crippen LogP contribution in [0.4, 0.5) is 5.69 Å². The lowest BCUT2D eigenvalue weighted by atomic mass is 10.2. The Morgan fingerprint density at radius 1 is 1.24 bits per heavy atom. The van der Waals surface area contributed by atoms with Crippen molar-refractivity contribution in [1.82, 2.24) is 4.31 Å². The smallest absolute Gasteiger partial charge is 0.243 e. The minimum absolute atomic E-state index is 0.120. The lowest BCUT2D eigenvalue weighted by Gasteiger charge is -2.26. The maximum absolute atomic E-state index is 12.9. The SMILES string of the molecule is COc1ccc(S(=O)(=O)N2CCCCC2)cc1NC(=O)CCOCC1CCCO1. The fourth-order valence-electron chi connectivity index (χ4n) is 3.57. The molecule has 0 radical (unpaired) electrons. The van der Waals surface area contributed by atoms with Crippen LogP contribution in [0.2, 0.25) is 0 Å². The van der Waals surface area contributed by atoms with Crippen molar-refractivity contribution in [2.24, 2.45) is 0 Å². The van der Waals surface area contributed by atoms with Crippen LogP contribution in [-0.2, 0) is 24.3 Å². The van der Waals surface area contributed by atoms with E-state index in [1.54, 1.807) is 6.07 Å². The van der Waals surface area contributed by atoms with E-state index in [-0.39, 0.29) is 29.9 Å². The molecule has 0 bridgehead atoms. The van der Waals surface area contributed by atoms with Crippen LogP contribution >= 0.6 is 0 Å². The number of nitrogens with one attached hydrogen (secondary N) is 1. The van der Waals surface area contributed by atoms with Crippen molar-refractivity contribution in [3.05, 3.63) is 18.2 Å². The van der Waals surface area contributed by atoms with E-state index in [1.165, 1.54) is 23.5 Å². The molecule has 162 valence electrons. The summed E-state index contributed by atoms with van der Waals surface area (Å²) >= 11 is 0. The van der Waals surface area contributed by atoms with Gasteiger partial charge in [-0.2, -0.15) is 4.31 Å². The first-order valence-corrected chi connectivity index (χ1v) is 11.6. The normalized spacial score (nSPS) is 20.5. The number of methoxy groups -OCH3 is 1. The maximum Gasteiger partial charge on any atom is 0.243 e. The highest BCUT2D eigenvalue weighted by atomic mass is 32.2. The van der Waals surface area contributed by atoms with E-state index < -0.39 is 10.0 Å². The molecule has 1 N–H and O–H groups in total. The average molecular weight is 427 g/mol. The minimum Gasteiger partial charge on any atom is -0.495 e. The van der Waals surface area contributed by atoms with E-state index in [1.807, 2.05) is 0 Å². The van der Waals surface area contributed by atoms with Gasteiger partial charge in [-0.1, -0.05) is 6.42 Å². The van der Waals surface area contributed by atoms with E-state index in [2.05, 4.69) is 5.32 Å². The second-order valence-electron chi connectivity index (χ2n) is 7.33. The monoisotopic (exact) mass is 426 g/mol. The second-order valence-corrected chi connectivity index (χ2v) is 9.27. The summed E-state index contributed by atoms with van der Waals surface area (Å²) in [6.45, 7) is 2.58. The number of piperidine rings is 1. The van der Waals surface area contributed by atoms with Gasteiger partial charge in [0.05, 0.1) is 43.4 Å². The maximum atomic E-state index is 12.9. The van der Waals surface area contributed by atoms with Crippen molar-refractivity contribution in [3.63, 3.8) is 0 Å². The molecule has 1 aromatic rings. The first kappa shape index (κ1) is 22.0. The number of rotatable bonds is 9. The topological polar surface area (TPSA) is 94.2 Å². The molecule has 2 fully saturated rings. The van der Waals surface area contributed by atoms with Gasteiger partial charge in [-0.05, 0) is 43.9 Å². The summed E-state index contributed by atoms with van der Waals surface area (Å²) in [4.78, 5) is 12.5. The molecule has 2 heterocycles. The molecule has 1 unspecified atom stereocenters. The molecular weight excluding hydrogens is 396 g/mol. The third kappa shape index (κ3) is 5.91. The molecule has 0 aromatic heterocycles. The van der Waals surface area contributed by atoms with Gasteiger partial charge in [0.25, 0.3) is 0 Å². The first-order chi connectivity index (χ1) is 14.0. The molecule has 0 spiro atoms. The highest BCUT2D eigenvalue weighted by Crippen LogP contribution is 2.30. The Bertz CT molecular complexity index is 786. The van der Waals surface area contributed by atoms with Gasteiger partial charge < -0.3 is 19.5 Å². The Morgan fingerprint density at radius 3 is 2.72 bits per heavy atom. The number of hydrogen-bond acceptors (Lipinski definition) is 6. The number of benzene rings is 1. The predicted octanol–water partition coefficient (Wildman–Crippen LogP) is 2.39. The summed E-state index contributed by atoms with van der Waals surface area (Å²) in [6.07, 6.45) is 5.10. The van der Waals surface area contributed by atoms with Gasteiger partial charge in [0.15, 0.2) is 0 Å². The summed E-state index contributed by atoms with van der Waals surface area (Å²) in [5.74, 6) is 0.152. The predicted molar refractivity (Wildman–Crippen MR) is 109 cm³/mol. The molecule has 2 saturated heterocycles. The molecular formula is C20H30N2O6S. The highest BCUT2D eigenvalue weighted by Gasteiger charge is 2.27. The fraction of sp³-hybridized carbons (Fsp3) is 0.650. The molecule has 8 nitrogen and oxygen atoms in total. The largest absolute Gasteiger partial charge is 0.495 e. The van der Waals surface area contributed by atoms with Crippen LogP contribution in [-0.4, -0.2) is 64.8 Å². The zero-order chi connectivity index (χ0) is 20.7.